The van der Waals surface area contributed by atoms with E-state index in [1.165, 1.54) is 55.5 Å². The zero-order chi connectivity index (χ0) is 29.6. The van der Waals surface area contributed by atoms with Crippen LogP contribution in [0.4, 0.5) is 5.69 Å². The van der Waals surface area contributed by atoms with Crippen molar-refractivity contribution >= 4 is 28.8 Å². The molecule has 0 saturated heterocycles. The minimum absolute atomic E-state index is 0. The minimum Gasteiger partial charge on any atom is -0.663 e. The molecule has 0 N–H and O–H groups in total. The van der Waals surface area contributed by atoms with Gasteiger partial charge in [0, 0.05) is 25.1 Å². The van der Waals surface area contributed by atoms with Gasteiger partial charge in [0.25, 0.3) is 0 Å². The van der Waals surface area contributed by atoms with E-state index in [2.05, 4.69) is 144 Å². The summed E-state index contributed by atoms with van der Waals surface area (Å²) >= 11 is 0. The SMILES string of the molecule is C[N-]C(C)CC(C)[N-]C.Cc1cc(C)c(B(c2ccc(N3C=CN(C)C3)cc2)c2c(C)cc(C)cc2C)c(C)c1.[Pt+2]. The molecule has 2 unspecified atom stereocenters. The molecule has 0 radical (unpaired) electrons. The molecule has 1 aliphatic rings. The van der Waals surface area contributed by atoms with Crippen LogP contribution in [0.1, 0.15) is 53.6 Å². The summed E-state index contributed by atoms with van der Waals surface area (Å²) in [6.45, 7) is 18.8. The number of aryl methyl sites for hydroxylation is 6. The fraction of sp³-hybridized carbons (Fsp3) is 0.429. The van der Waals surface area contributed by atoms with E-state index in [4.69, 9.17) is 0 Å². The Labute approximate surface area is 265 Å². The number of benzene rings is 3. The molecule has 222 valence electrons. The Hall–Kier alpha value is -2.33. The molecule has 4 nitrogen and oxygen atoms in total. The first-order chi connectivity index (χ1) is 18.9. The molecule has 3 aromatic rings. The van der Waals surface area contributed by atoms with Gasteiger partial charge in [-0.05, 0) is 53.7 Å². The average Bonchev–Trinajstić information content (AvgIpc) is 3.33. The van der Waals surface area contributed by atoms with E-state index >= 15 is 0 Å². The smallest absolute Gasteiger partial charge is 0.663 e. The Morgan fingerprint density at radius 2 is 1.12 bits per heavy atom. The van der Waals surface area contributed by atoms with Crippen LogP contribution in [0.15, 0.2) is 60.9 Å². The summed E-state index contributed by atoms with van der Waals surface area (Å²) in [6, 6.07) is 19.4. The molecule has 6 heteroatoms. The van der Waals surface area contributed by atoms with Crippen LogP contribution in [0.5, 0.6) is 0 Å². The third-order valence-electron chi connectivity index (χ3n) is 8.05. The van der Waals surface area contributed by atoms with Gasteiger partial charge in [-0.1, -0.05) is 106 Å². The predicted molar refractivity (Wildman–Crippen MR) is 179 cm³/mol. The zero-order valence-electron chi connectivity index (χ0n) is 27.0. The fourth-order valence-electron chi connectivity index (χ4n) is 6.03. The molecule has 4 rings (SSSR count). The molecule has 2 atom stereocenters. The monoisotopic (exact) mass is 731 g/mol. The number of anilines is 1. The van der Waals surface area contributed by atoms with Gasteiger partial charge in [0.15, 0.2) is 0 Å². The number of hydrogen-bond acceptors (Lipinski definition) is 2. The van der Waals surface area contributed by atoms with E-state index in [9.17, 15) is 0 Å². The summed E-state index contributed by atoms with van der Waals surface area (Å²) in [5.41, 5.74) is 13.6. The second-order valence-electron chi connectivity index (χ2n) is 11.8. The van der Waals surface area contributed by atoms with Crippen molar-refractivity contribution in [3.8, 4) is 0 Å². The van der Waals surface area contributed by atoms with Crippen LogP contribution in [0, 0.1) is 41.5 Å². The average molecular weight is 732 g/mol. The number of rotatable bonds is 8. The Kier molecular flexibility index (Phi) is 13.4. The maximum atomic E-state index is 4.12. The topological polar surface area (TPSA) is 34.7 Å². The van der Waals surface area contributed by atoms with E-state index in [0.717, 1.165) is 13.1 Å². The van der Waals surface area contributed by atoms with Crippen LogP contribution in [0.3, 0.4) is 0 Å². The third-order valence-corrected chi connectivity index (χ3v) is 8.05. The van der Waals surface area contributed by atoms with Gasteiger partial charge in [-0.3, -0.25) is 0 Å². The molecule has 41 heavy (non-hydrogen) atoms. The van der Waals surface area contributed by atoms with Crippen molar-refractivity contribution in [2.24, 2.45) is 0 Å². The zero-order valence-corrected chi connectivity index (χ0v) is 29.3. The Morgan fingerprint density at radius 1 is 0.707 bits per heavy atom. The van der Waals surface area contributed by atoms with Gasteiger partial charge < -0.3 is 20.4 Å². The third kappa shape index (κ3) is 9.08. The molecule has 1 aliphatic heterocycles. The Morgan fingerprint density at radius 3 is 1.46 bits per heavy atom. The van der Waals surface area contributed by atoms with Crippen LogP contribution in [0.25, 0.3) is 10.6 Å². The summed E-state index contributed by atoms with van der Waals surface area (Å²) in [5.74, 6) is 0. The fourth-order valence-corrected chi connectivity index (χ4v) is 6.03. The van der Waals surface area contributed by atoms with Crippen molar-refractivity contribution in [2.75, 3.05) is 32.7 Å². The van der Waals surface area contributed by atoms with Gasteiger partial charge in [-0.2, -0.15) is 14.1 Å². The summed E-state index contributed by atoms with van der Waals surface area (Å²) in [5, 5.41) is 8.23. The summed E-state index contributed by atoms with van der Waals surface area (Å²) in [7, 11) is 5.81. The van der Waals surface area contributed by atoms with Crippen molar-refractivity contribution in [1.29, 1.82) is 0 Å². The molecule has 0 aliphatic carbocycles. The van der Waals surface area contributed by atoms with Crippen LogP contribution in [-0.4, -0.2) is 51.5 Å². The van der Waals surface area contributed by atoms with Gasteiger partial charge >= 0.3 is 21.1 Å². The van der Waals surface area contributed by atoms with E-state index in [1.807, 2.05) is 14.1 Å². The van der Waals surface area contributed by atoms with Crippen LogP contribution in [0.2, 0.25) is 0 Å². The molecular weight excluding hydrogens is 682 g/mol. The second-order valence-corrected chi connectivity index (χ2v) is 11.8. The largest absolute Gasteiger partial charge is 2.00 e. The predicted octanol–water partition coefficient (Wildman–Crippen LogP) is 6.39. The summed E-state index contributed by atoms with van der Waals surface area (Å²) in [4.78, 5) is 4.47. The molecular formula is C35H49BN4Pt. The van der Waals surface area contributed by atoms with Crippen molar-refractivity contribution in [3.05, 3.63) is 105 Å². The summed E-state index contributed by atoms with van der Waals surface area (Å²) in [6.07, 6.45) is 5.34. The minimum atomic E-state index is 0. The standard InChI is InChI=1S/C28H33BN2.C7H16N2.Pt/c1-19-14-21(3)27(22(4)15-19)29(28-23(5)16-20(2)17-24(28)6)25-8-10-26(11-9-25)31-13-12-30(7)18-31;1-6(8-3)5-7(2)9-4;/h8-17H,18H2,1-7H3;6-7H,5H2,1-4H3;/q;-2;+2. The van der Waals surface area contributed by atoms with Crippen molar-refractivity contribution in [1.82, 2.24) is 4.90 Å². The maximum Gasteiger partial charge on any atom is 2.00 e. The van der Waals surface area contributed by atoms with E-state index in [0.29, 0.717) is 12.1 Å². The molecule has 0 bridgehead atoms. The first-order valence-corrected chi connectivity index (χ1v) is 14.5. The molecule has 0 saturated carbocycles. The van der Waals surface area contributed by atoms with Crippen molar-refractivity contribution in [3.63, 3.8) is 0 Å². The quantitative estimate of drug-likeness (QED) is 0.252. The van der Waals surface area contributed by atoms with Gasteiger partial charge in [0.1, 0.15) is 0 Å². The number of hydrogen-bond donors (Lipinski definition) is 0. The van der Waals surface area contributed by atoms with Gasteiger partial charge in [-0.25, -0.2) is 0 Å². The normalized spacial score (nSPS) is 13.8. The molecule has 0 amide bonds. The van der Waals surface area contributed by atoms with Crippen LogP contribution in [-0.2, 0) is 21.1 Å². The molecule has 1 heterocycles. The number of nitrogens with zero attached hydrogens (tertiary/aromatic N) is 4. The first-order valence-electron chi connectivity index (χ1n) is 14.5. The molecule has 0 aromatic heterocycles. The van der Waals surface area contributed by atoms with Gasteiger partial charge in [0.2, 0.25) is 6.71 Å². The Balaban J connectivity index is 0.000000511. The maximum absolute atomic E-state index is 4.12. The van der Waals surface area contributed by atoms with Gasteiger partial charge in [-0.15, -0.1) is 12.1 Å². The van der Waals surface area contributed by atoms with Crippen LogP contribution >= 0.6 is 0 Å². The first kappa shape index (κ1) is 34.9. The second kappa shape index (κ2) is 15.8. The summed E-state index contributed by atoms with van der Waals surface area (Å²) < 4.78 is 0. The van der Waals surface area contributed by atoms with Crippen molar-refractivity contribution < 1.29 is 21.1 Å². The van der Waals surface area contributed by atoms with E-state index in [1.54, 1.807) is 0 Å². The molecule has 0 fully saturated rings. The molecule has 0 spiro atoms. The van der Waals surface area contributed by atoms with Crippen LogP contribution < -0.4 is 21.3 Å². The Bertz CT molecular complexity index is 1190. The van der Waals surface area contributed by atoms with E-state index < -0.39 is 0 Å². The van der Waals surface area contributed by atoms with Crippen molar-refractivity contribution in [2.45, 2.75) is 73.9 Å². The van der Waals surface area contributed by atoms with E-state index in [-0.39, 0.29) is 27.8 Å². The molecule has 3 aromatic carbocycles. The van der Waals surface area contributed by atoms with Gasteiger partial charge in [0.05, 0.1) is 6.67 Å².